The van der Waals surface area contributed by atoms with Gasteiger partial charge < -0.3 is 0 Å². The summed E-state index contributed by atoms with van der Waals surface area (Å²) in [6.07, 6.45) is 0. The van der Waals surface area contributed by atoms with Crippen LogP contribution in [0.15, 0.2) is 72.8 Å². The number of aryl methyl sites for hydroxylation is 1. The van der Waals surface area contributed by atoms with Crippen LogP contribution in [-0.2, 0) is 0 Å². The fraction of sp³-hybridized carbons (Fsp3) is 0.0526. The molecular formula is C19H15F. The van der Waals surface area contributed by atoms with Gasteiger partial charge in [0.05, 0.1) is 0 Å². The molecule has 98 valence electrons. The van der Waals surface area contributed by atoms with E-state index >= 15 is 0 Å². The van der Waals surface area contributed by atoms with Gasteiger partial charge in [-0.2, -0.15) is 0 Å². The molecule has 20 heavy (non-hydrogen) atoms. The molecule has 0 nitrogen and oxygen atoms in total. The van der Waals surface area contributed by atoms with Crippen molar-refractivity contribution < 1.29 is 4.39 Å². The van der Waals surface area contributed by atoms with Crippen molar-refractivity contribution in [3.05, 3.63) is 84.2 Å². The van der Waals surface area contributed by atoms with Gasteiger partial charge in [0.15, 0.2) is 0 Å². The fourth-order valence-corrected chi connectivity index (χ4v) is 2.29. The Balaban J connectivity index is 2.01. The molecule has 3 aromatic rings. The van der Waals surface area contributed by atoms with Crippen molar-refractivity contribution in [3.8, 4) is 22.3 Å². The second-order valence-corrected chi connectivity index (χ2v) is 4.93. The minimum atomic E-state index is -0.186. The minimum absolute atomic E-state index is 0.186. The Hall–Kier alpha value is -2.41. The number of halogens is 1. The van der Waals surface area contributed by atoms with E-state index in [2.05, 4.69) is 0 Å². The zero-order valence-electron chi connectivity index (χ0n) is 11.3. The maximum absolute atomic E-state index is 14.3. The monoisotopic (exact) mass is 262 g/mol. The molecule has 0 saturated heterocycles. The molecule has 0 spiro atoms. The maximum Gasteiger partial charge on any atom is 0.131 e. The van der Waals surface area contributed by atoms with E-state index in [1.165, 1.54) is 5.56 Å². The highest BCUT2D eigenvalue weighted by atomic mass is 19.1. The van der Waals surface area contributed by atoms with Gasteiger partial charge in [0.1, 0.15) is 5.82 Å². The Morgan fingerprint density at radius 2 is 1.30 bits per heavy atom. The van der Waals surface area contributed by atoms with Gasteiger partial charge in [0, 0.05) is 5.56 Å². The average molecular weight is 262 g/mol. The zero-order valence-corrected chi connectivity index (χ0v) is 11.3. The summed E-state index contributed by atoms with van der Waals surface area (Å²) in [7, 11) is 0. The third-order valence-electron chi connectivity index (χ3n) is 3.44. The van der Waals surface area contributed by atoms with E-state index in [-0.39, 0.29) is 5.82 Å². The Kier molecular flexibility index (Phi) is 3.34. The summed E-state index contributed by atoms with van der Waals surface area (Å²) in [6.45, 7) is 2.04. The second kappa shape index (κ2) is 5.30. The zero-order chi connectivity index (χ0) is 13.9. The highest BCUT2D eigenvalue weighted by Crippen LogP contribution is 2.27. The number of benzene rings is 3. The first-order chi connectivity index (χ1) is 9.74. The number of hydrogen-bond acceptors (Lipinski definition) is 0. The predicted molar refractivity (Wildman–Crippen MR) is 82.0 cm³/mol. The molecular weight excluding hydrogens is 247 g/mol. The topological polar surface area (TPSA) is 0 Å². The van der Waals surface area contributed by atoms with Gasteiger partial charge in [-0.3, -0.25) is 0 Å². The van der Waals surface area contributed by atoms with Gasteiger partial charge >= 0.3 is 0 Å². The third-order valence-corrected chi connectivity index (χ3v) is 3.44. The largest absolute Gasteiger partial charge is 0.206 e. The van der Waals surface area contributed by atoms with Crippen LogP contribution in [0.25, 0.3) is 22.3 Å². The molecule has 0 aliphatic heterocycles. The van der Waals surface area contributed by atoms with Crippen molar-refractivity contribution in [1.29, 1.82) is 0 Å². The van der Waals surface area contributed by atoms with Gasteiger partial charge in [0.2, 0.25) is 0 Å². The summed E-state index contributed by atoms with van der Waals surface area (Å²) >= 11 is 0. The molecule has 0 atom stereocenters. The molecule has 0 N–H and O–H groups in total. The average Bonchev–Trinajstić information content (AvgIpc) is 2.49. The van der Waals surface area contributed by atoms with Crippen molar-refractivity contribution in [2.75, 3.05) is 0 Å². The highest BCUT2D eigenvalue weighted by molar-refractivity contribution is 5.71. The number of rotatable bonds is 2. The normalized spacial score (nSPS) is 10.5. The Labute approximate surface area is 118 Å². The van der Waals surface area contributed by atoms with Crippen LogP contribution >= 0.6 is 0 Å². The first-order valence-corrected chi connectivity index (χ1v) is 6.66. The van der Waals surface area contributed by atoms with Gasteiger partial charge in [-0.15, -0.1) is 0 Å². The number of hydrogen-bond donors (Lipinski definition) is 0. The second-order valence-electron chi connectivity index (χ2n) is 4.93. The van der Waals surface area contributed by atoms with E-state index in [4.69, 9.17) is 0 Å². The minimum Gasteiger partial charge on any atom is -0.206 e. The molecule has 0 amide bonds. The summed E-state index contributed by atoms with van der Waals surface area (Å²) in [5, 5.41) is 0. The standard InChI is InChI=1S/C19H15F/c1-14-7-9-15(10-8-14)17-11-12-18(19(20)13-17)16-5-3-2-4-6-16/h2-13H,1H3. The summed E-state index contributed by atoms with van der Waals surface area (Å²) in [4.78, 5) is 0. The summed E-state index contributed by atoms with van der Waals surface area (Å²) in [5.74, 6) is -0.186. The molecule has 0 heterocycles. The summed E-state index contributed by atoms with van der Waals surface area (Å²) < 4.78 is 14.3. The van der Waals surface area contributed by atoms with Gasteiger partial charge in [-0.1, -0.05) is 72.3 Å². The Morgan fingerprint density at radius 1 is 0.650 bits per heavy atom. The van der Waals surface area contributed by atoms with Crippen LogP contribution in [0.5, 0.6) is 0 Å². The molecule has 0 fully saturated rings. The molecule has 0 aliphatic rings. The van der Waals surface area contributed by atoms with Crippen LogP contribution in [0.1, 0.15) is 5.56 Å². The Bertz CT molecular complexity index is 713. The molecule has 3 aromatic carbocycles. The summed E-state index contributed by atoms with van der Waals surface area (Å²) in [6, 6.07) is 23.2. The van der Waals surface area contributed by atoms with E-state index in [1.807, 2.05) is 73.7 Å². The fourth-order valence-electron chi connectivity index (χ4n) is 2.29. The lowest BCUT2D eigenvalue weighted by Crippen LogP contribution is -1.86. The van der Waals surface area contributed by atoms with Gasteiger partial charge in [-0.25, -0.2) is 4.39 Å². The Morgan fingerprint density at radius 3 is 1.95 bits per heavy atom. The van der Waals surface area contributed by atoms with Crippen LogP contribution in [0.3, 0.4) is 0 Å². The lowest BCUT2D eigenvalue weighted by molar-refractivity contribution is 0.632. The van der Waals surface area contributed by atoms with Crippen LogP contribution in [0.2, 0.25) is 0 Å². The van der Waals surface area contributed by atoms with E-state index in [1.54, 1.807) is 6.07 Å². The first kappa shape index (κ1) is 12.6. The predicted octanol–water partition coefficient (Wildman–Crippen LogP) is 5.47. The highest BCUT2D eigenvalue weighted by Gasteiger charge is 2.06. The van der Waals surface area contributed by atoms with Crippen molar-refractivity contribution in [1.82, 2.24) is 0 Å². The third kappa shape index (κ3) is 2.48. The van der Waals surface area contributed by atoms with Crippen LogP contribution < -0.4 is 0 Å². The van der Waals surface area contributed by atoms with Crippen LogP contribution in [0.4, 0.5) is 4.39 Å². The van der Waals surface area contributed by atoms with Crippen molar-refractivity contribution in [3.63, 3.8) is 0 Å². The molecule has 0 bridgehead atoms. The van der Waals surface area contributed by atoms with E-state index in [0.717, 1.165) is 16.7 Å². The van der Waals surface area contributed by atoms with Gasteiger partial charge in [-0.05, 0) is 29.7 Å². The van der Waals surface area contributed by atoms with Crippen molar-refractivity contribution in [2.45, 2.75) is 6.92 Å². The summed E-state index contributed by atoms with van der Waals surface area (Å²) in [5.41, 5.74) is 4.69. The molecule has 1 heteroatoms. The van der Waals surface area contributed by atoms with Crippen molar-refractivity contribution in [2.24, 2.45) is 0 Å². The quantitative estimate of drug-likeness (QED) is 0.574. The van der Waals surface area contributed by atoms with Gasteiger partial charge in [0.25, 0.3) is 0 Å². The van der Waals surface area contributed by atoms with Crippen LogP contribution in [0, 0.1) is 12.7 Å². The lowest BCUT2D eigenvalue weighted by atomic mass is 9.99. The smallest absolute Gasteiger partial charge is 0.131 e. The molecule has 0 saturated carbocycles. The molecule has 0 aromatic heterocycles. The lowest BCUT2D eigenvalue weighted by Gasteiger charge is -2.07. The molecule has 0 radical (unpaired) electrons. The molecule has 0 unspecified atom stereocenters. The van der Waals surface area contributed by atoms with E-state index in [9.17, 15) is 4.39 Å². The van der Waals surface area contributed by atoms with Crippen LogP contribution in [-0.4, -0.2) is 0 Å². The van der Waals surface area contributed by atoms with E-state index in [0.29, 0.717) is 5.56 Å². The SMILES string of the molecule is Cc1ccc(-c2ccc(-c3ccccc3)c(F)c2)cc1. The molecule has 3 rings (SSSR count). The van der Waals surface area contributed by atoms with E-state index < -0.39 is 0 Å². The molecule has 0 aliphatic carbocycles. The van der Waals surface area contributed by atoms with Crippen molar-refractivity contribution >= 4 is 0 Å². The maximum atomic E-state index is 14.3. The first-order valence-electron chi connectivity index (χ1n) is 6.66.